The molecule has 0 aromatic heterocycles. The lowest BCUT2D eigenvalue weighted by atomic mass is 10.1. The summed E-state index contributed by atoms with van der Waals surface area (Å²) < 4.78 is 0. The van der Waals surface area contributed by atoms with Crippen molar-refractivity contribution in [2.45, 2.75) is 6.92 Å². The zero-order chi connectivity index (χ0) is 12.1. The van der Waals surface area contributed by atoms with Gasteiger partial charge in [0, 0.05) is 5.56 Å². The van der Waals surface area contributed by atoms with Crippen LogP contribution >= 0.6 is 0 Å². The van der Waals surface area contributed by atoms with Crippen molar-refractivity contribution in [1.29, 1.82) is 0 Å². The minimum absolute atomic E-state index is 0.313. The molecular formula is C11H11NO4. The summed E-state index contributed by atoms with van der Waals surface area (Å²) in [7, 11) is 0. The first-order chi connectivity index (χ1) is 7.52. The van der Waals surface area contributed by atoms with Crippen molar-refractivity contribution in [1.82, 2.24) is 5.32 Å². The number of hydrogen-bond donors (Lipinski definition) is 2. The molecule has 2 amide bonds. The summed E-state index contributed by atoms with van der Waals surface area (Å²) in [6, 6.07) is 8.11. The minimum Gasteiger partial charge on any atom is -0.481 e. The highest BCUT2D eigenvalue weighted by Gasteiger charge is 2.22. The fraction of sp³-hybridized carbons (Fsp3) is 0.182. The zero-order valence-corrected chi connectivity index (χ0v) is 8.64. The van der Waals surface area contributed by atoms with Gasteiger partial charge in [0.2, 0.25) is 5.91 Å². The summed E-state index contributed by atoms with van der Waals surface area (Å²) in [4.78, 5) is 33.2. The Kier molecular flexibility index (Phi) is 3.77. The quantitative estimate of drug-likeness (QED) is 0.734. The molecule has 0 aliphatic carbocycles. The Morgan fingerprint density at radius 3 is 2.25 bits per heavy atom. The Labute approximate surface area is 92.1 Å². The average Bonchev–Trinajstić information content (AvgIpc) is 2.28. The lowest BCUT2D eigenvalue weighted by Crippen LogP contribution is -2.37. The molecule has 0 saturated carbocycles. The maximum atomic E-state index is 11.5. The number of hydrogen-bond acceptors (Lipinski definition) is 3. The van der Waals surface area contributed by atoms with Gasteiger partial charge in [0.15, 0.2) is 0 Å². The van der Waals surface area contributed by atoms with Gasteiger partial charge in [0.25, 0.3) is 5.91 Å². The van der Waals surface area contributed by atoms with E-state index in [0.29, 0.717) is 5.56 Å². The molecule has 5 heteroatoms. The molecule has 0 fully saturated rings. The molecule has 2 N–H and O–H groups in total. The van der Waals surface area contributed by atoms with Gasteiger partial charge in [-0.15, -0.1) is 0 Å². The van der Waals surface area contributed by atoms with Crippen molar-refractivity contribution in [3.8, 4) is 0 Å². The van der Waals surface area contributed by atoms with Crippen LogP contribution in [-0.4, -0.2) is 22.9 Å². The van der Waals surface area contributed by atoms with Crippen LogP contribution in [0.2, 0.25) is 0 Å². The first-order valence-corrected chi connectivity index (χ1v) is 4.65. The molecule has 0 aliphatic heterocycles. The van der Waals surface area contributed by atoms with Gasteiger partial charge in [-0.05, 0) is 19.1 Å². The number of amides is 2. The number of aliphatic carboxylic acids is 1. The second kappa shape index (κ2) is 5.06. The van der Waals surface area contributed by atoms with Gasteiger partial charge in [-0.1, -0.05) is 18.2 Å². The Balaban J connectivity index is 2.66. The summed E-state index contributed by atoms with van der Waals surface area (Å²) in [5, 5.41) is 10.6. The van der Waals surface area contributed by atoms with Crippen LogP contribution in [0.3, 0.4) is 0 Å². The highest BCUT2D eigenvalue weighted by molar-refractivity contribution is 6.09. The Morgan fingerprint density at radius 2 is 1.75 bits per heavy atom. The predicted molar refractivity (Wildman–Crippen MR) is 55.7 cm³/mol. The average molecular weight is 221 g/mol. The molecule has 0 bridgehead atoms. The second-order valence-electron chi connectivity index (χ2n) is 3.24. The SMILES string of the molecule is CC(C(=O)O)C(=O)NC(=O)c1ccccc1. The van der Waals surface area contributed by atoms with Crippen LogP contribution in [0.5, 0.6) is 0 Å². The van der Waals surface area contributed by atoms with E-state index in [1.165, 1.54) is 19.1 Å². The van der Waals surface area contributed by atoms with E-state index >= 15 is 0 Å². The second-order valence-corrected chi connectivity index (χ2v) is 3.24. The number of carboxylic acids is 1. The maximum Gasteiger partial charge on any atom is 0.315 e. The molecule has 1 atom stereocenters. The summed E-state index contributed by atoms with van der Waals surface area (Å²) in [6.45, 7) is 1.22. The van der Waals surface area contributed by atoms with Crippen LogP contribution in [0.15, 0.2) is 30.3 Å². The highest BCUT2D eigenvalue weighted by Crippen LogP contribution is 2.00. The van der Waals surface area contributed by atoms with Crippen LogP contribution in [0, 0.1) is 5.92 Å². The van der Waals surface area contributed by atoms with Crippen LogP contribution < -0.4 is 5.32 Å². The molecule has 1 aromatic rings. The molecule has 1 unspecified atom stereocenters. The molecular weight excluding hydrogens is 210 g/mol. The monoisotopic (exact) mass is 221 g/mol. The Bertz CT molecular complexity index is 413. The van der Waals surface area contributed by atoms with Gasteiger partial charge < -0.3 is 5.11 Å². The van der Waals surface area contributed by atoms with E-state index in [9.17, 15) is 14.4 Å². The number of carboxylic acid groups (broad SMARTS) is 1. The van der Waals surface area contributed by atoms with Gasteiger partial charge in [-0.2, -0.15) is 0 Å². The minimum atomic E-state index is -1.27. The van der Waals surface area contributed by atoms with Crippen molar-refractivity contribution in [3.63, 3.8) is 0 Å². The summed E-state index contributed by atoms with van der Waals surface area (Å²) in [5.41, 5.74) is 0.313. The van der Waals surface area contributed by atoms with E-state index in [-0.39, 0.29) is 0 Å². The molecule has 1 aromatic carbocycles. The maximum absolute atomic E-state index is 11.5. The van der Waals surface area contributed by atoms with Crippen molar-refractivity contribution >= 4 is 17.8 Å². The van der Waals surface area contributed by atoms with Gasteiger partial charge in [-0.3, -0.25) is 19.7 Å². The molecule has 1 rings (SSSR count). The third-order valence-corrected chi connectivity index (χ3v) is 2.04. The summed E-state index contributed by atoms with van der Waals surface area (Å²) in [5.74, 6) is -3.92. The van der Waals surface area contributed by atoms with Gasteiger partial charge in [0.1, 0.15) is 5.92 Å². The van der Waals surface area contributed by atoms with Crippen molar-refractivity contribution in [2.24, 2.45) is 5.92 Å². The smallest absolute Gasteiger partial charge is 0.315 e. The number of imide groups is 1. The van der Waals surface area contributed by atoms with Crippen molar-refractivity contribution in [2.75, 3.05) is 0 Å². The zero-order valence-electron chi connectivity index (χ0n) is 8.64. The molecule has 0 radical (unpaired) electrons. The molecule has 16 heavy (non-hydrogen) atoms. The van der Waals surface area contributed by atoms with E-state index in [2.05, 4.69) is 0 Å². The summed E-state index contributed by atoms with van der Waals surface area (Å²) in [6.07, 6.45) is 0. The Morgan fingerprint density at radius 1 is 1.19 bits per heavy atom. The van der Waals surface area contributed by atoms with E-state index in [1.54, 1.807) is 18.2 Å². The molecule has 0 saturated heterocycles. The van der Waals surface area contributed by atoms with Gasteiger partial charge in [0.05, 0.1) is 0 Å². The standard InChI is InChI=1S/C11H11NO4/c1-7(11(15)16)9(13)12-10(14)8-5-3-2-4-6-8/h2-7H,1H3,(H,15,16)(H,12,13,14). The van der Waals surface area contributed by atoms with Crippen LogP contribution in [-0.2, 0) is 9.59 Å². The molecule has 0 spiro atoms. The van der Waals surface area contributed by atoms with Gasteiger partial charge in [-0.25, -0.2) is 0 Å². The normalized spacial score (nSPS) is 11.6. The first kappa shape index (κ1) is 11.9. The van der Waals surface area contributed by atoms with Crippen molar-refractivity contribution < 1.29 is 19.5 Å². The number of carbonyl (C=O) groups is 3. The largest absolute Gasteiger partial charge is 0.481 e. The molecule has 0 aliphatic rings. The first-order valence-electron chi connectivity index (χ1n) is 4.65. The Hall–Kier alpha value is -2.17. The van der Waals surface area contributed by atoms with E-state index in [4.69, 9.17) is 5.11 Å². The lowest BCUT2D eigenvalue weighted by molar-refractivity contribution is -0.145. The number of benzene rings is 1. The van der Waals surface area contributed by atoms with Crippen LogP contribution in [0.1, 0.15) is 17.3 Å². The number of rotatable bonds is 3. The fourth-order valence-corrected chi connectivity index (χ4v) is 0.994. The van der Waals surface area contributed by atoms with Gasteiger partial charge >= 0.3 is 5.97 Å². The predicted octanol–water partition coefficient (Wildman–Crippen LogP) is 0.664. The topological polar surface area (TPSA) is 83.5 Å². The third-order valence-electron chi connectivity index (χ3n) is 2.04. The fourth-order valence-electron chi connectivity index (χ4n) is 0.994. The molecule has 5 nitrogen and oxygen atoms in total. The van der Waals surface area contributed by atoms with Crippen LogP contribution in [0.4, 0.5) is 0 Å². The highest BCUT2D eigenvalue weighted by atomic mass is 16.4. The van der Waals surface area contributed by atoms with E-state index < -0.39 is 23.7 Å². The van der Waals surface area contributed by atoms with E-state index in [0.717, 1.165) is 0 Å². The molecule has 0 heterocycles. The number of nitrogens with one attached hydrogen (secondary N) is 1. The number of carbonyl (C=O) groups excluding carboxylic acids is 2. The van der Waals surface area contributed by atoms with E-state index in [1.807, 2.05) is 5.32 Å². The lowest BCUT2D eigenvalue weighted by Gasteiger charge is -2.06. The summed E-state index contributed by atoms with van der Waals surface area (Å²) >= 11 is 0. The molecule has 84 valence electrons. The third kappa shape index (κ3) is 2.91. The van der Waals surface area contributed by atoms with Crippen molar-refractivity contribution in [3.05, 3.63) is 35.9 Å². The van der Waals surface area contributed by atoms with Crippen LogP contribution in [0.25, 0.3) is 0 Å².